The van der Waals surface area contributed by atoms with Gasteiger partial charge in [-0.2, -0.15) is 5.26 Å². The highest BCUT2D eigenvalue weighted by atomic mass is 35.5. The zero-order valence-electron chi connectivity index (χ0n) is 12.8. The average molecular weight is 338 g/mol. The molecule has 0 fully saturated rings. The number of hydrogen-bond acceptors (Lipinski definition) is 3. The molecule has 0 spiro atoms. The summed E-state index contributed by atoms with van der Waals surface area (Å²) in [6.07, 6.45) is -0.274. The van der Waals surface area contributed by atoms with Crippen LogP contribution in [-0.4, -0.2) is 13.2 Å². The van der Waals surface area contributed by atoms with Crippen LogP contribution in [0.4, 0.5) is 8.78 Å². The Hall–Kier alpha value is -2.32. The lowest BCUT2D eigenvalue weighted by atomic mass is 9.98. The van der Waals surface area contributed by atoms with Crippen molar-refractivity contribution in [1.82, 2.24) is 0 Å². The summed E-state index contributed by atoms with van der Waals surface area (Å²) in [5.41, 5.74) is 0.0960. The molecular weight excluding hydrogens is 324 g/mol. The lowest BCUT2D eigenvalue weighted by Crippen LogP contribution is -2.07. The molecule has 0 amide bonds. The van der Waals surface area contributed by atoms with Crippen molar-refractivity contribution in [3.63, 3.8) is 0 Å². The zero-order chi connectivity index (χ0) is 17.1. The Bertz CT molecular complexity index is 785. The van der Waals surface area contributed by atoms with Gasteiger partial charge in [-0.15, -0.1) is 0 Å². The van der Waals surface area contributed by atoms with Crippen LogP contribution in [0.1, 0.15) is 19.4 Å². The van der Waals surface area contributed by atoms with E-state index in [0.29, 0.717) is 0 Å². The first-order valence-electron chi connectivity index (χ1n) is 6.81. The highest BCUT2D eigenvalue weighted by Gasteiger charge is 2.21. The highest BCUT2D eigenvalue weighted by Crippen LogP contribution is 2.39. The molecule has 0 saturated carbocycles. The second-order valence-corrected chi connectivity index (χ2v) is 5.45. The van der Waals surface area contributed by atoms with Gasteiger partial charge in [-0.1, -0.05) is 11.6 Å². The molecule has 0 radical (unpaired) electrons. The molecule has 0 bridgehead atoms. The van der Waals surface area contributed by atoms with Crippen LogP contribution in [0.25, 0.3) is 11.1 Å². The maximum Gasteiger partial charge on any atom is 0.166 e. The maximum absolute atomic E-state index is 14.3. The van der Waals surface area contributed by atoms with Gasteiger partial charge in [0.15, 0.2) is 11.6 Å². The molecule has 0 unspecified atom stereocenters. The van der Waals surface area contributed by atoms with E-state index >= 15 is 0 Å². The van der Waals surface area contributed by atoms with E-state index in [0.717, 1.165) is 12.1 Å². The smallest absolute Gasteiger partial charge is 0.166 e. The van der Waals surface area contributed by atoms with Crippen LogP contribution >= 0.6 is 11.6 Å². The van der Waals surface area contributed by atoms with Gasteiger partial charge in [-0.05, 0) is 38.1 Å². The van der Waals surface area contributed by atoms with E-state index in [9.17, 15) is 14.0 Å². The van der Waals surface area contributed by atoms with Crippen LogP contribution in [0.5, 0.6) is 11.5 Å². The van der Waals surface area contributed by atoms with E-state index in [2.05, 4.69) is 0 Å². The Labute approximate surface area is 138 Å². The number of ether oxygens (including phenoxy) is 2. The van der Waals surface area contributed by atoms with Gasteiger partial charge in [0.05, 0.1) is 18.2 Å². The molecule has 0 aliphatic rings. The quantitative estimate of drug-likeness (QED) is 0.792. The Morgan fingerprint density at radius 2 is 1.83 bits per heavy atom. The zero-order valence-corrected chi connectivity index (χ0v) is 13.5. The van der Waals surface area contributed by atoms with Crippen molar-refractivity contribution in [1.29, 1.82) is 5.26 Å². The Morgan fingerprint density at radius 1 is 1.13 bits per heavy atom. The van der Waals surface area contributed by atoms with Crippen molar-refractivity contribution in [2.45, 2.75) is 20.0 Å². The van der Waals surface area contributed by atoms with E-state index in [1.54, 1.807) is 13.8 Å². The van der Waals surface area contributed by atoms with Gasteiger partial charge in [-0.3, -0.25) is 0 Å². The third kappa shape index (κ3) is 3.38. The number of rotatable bonds is 4. The second kappa shape index (κ2) is 6.84. The summed E-state index contributed by atoms with van der Waals surface area (Å²) in [7, 11) is 1.37. The minimum absolute atomic E-state index is 0.0171. The SMILES string of the molecule is COc1ccc(F)c(-c2cc(OC(C)C)c(F)cc2Cl)c1C#N. The third-order valence-electron chi connectivity index (χ3n) is 3.10. The molecule has 0 atom stereocenters. The van der Waals surface area contributed by atoms with Crippen molar-refractivity contribution < 1.29 is 18.3 Å². The van der Waals surface area contributed by atoms with Gasteiger partial charge in [0.25, 0.3) is 0 Å². The normalized spacial score (nSPS) is 10.5. The summed E-state index contributed by atoms with van der Waals surface area (Å²) in [6.45, 7) is 3.47. The van der Waals surface area contributed by atoms with Crippen LogP contribution in [0.2, 0.25) is 5.02 Å². The minimum Gasteiger partial charge on any atom is -0.495 e. The summed E-state index contributed by atoms with van der Waals surface area (Å²) < 4.78 is 38.7. The monoisotopic (exact) mass is 337 g/mol. The molecule has 2 aromatic carbocycles. The van der Waals surface area contributed by atoms with Crippen molar-refractivity contribution in [2.75, 3.05) is 7.11 Å². The fourth-order valence-corrected chi connectivity index (χ4v) is 2.41. The predicted molar refractivity (Wildman–Crippen MR) is 83.8 cm³/mol. The molecule has 2 rings (SSSR count). The molecule has 23 heavy (non-hydrogen) atoms. The van der Waals surface area contributed by atoms with Crippen LogP contribution in [-0.2, 0) is 0 Å². The largest absolute Gasteiger partial charge is 0.495 e. The number of nitrogens with zero attached hydrogens (tertiary/aromatic N) is 1. The van der Waals surface area contributed by atoms with Crippen molar-refractivity contribution in [2.24, 2.45) is 0 Å². The standard InChI is InChI=1S/C17H14ClF2NO2/c1-9(2)23-16-6-10(12(18)7-14(16)20)17-11(8-21)15(22-3)5-4-13(17)19/h4-7,9H,1-3H3. The molecule has 0 aromatic heterocycles. The molecule has 0 aliphatic heterocycles. The number of hydrogen-bond donors (Lipinski definition) is 0. The van der Waals surface area contributed by atoms with Crippen molar-refractivity contribution in [3.05, 3.63) is 46.5 Å². The molecule has 3 nitrogen and oxygen atoms in total. The van der Waals surface area contributed by atoms with E-state index in [-0.39, 0.29) is 39.3 Å². The van der Waals surface area contributed by atoms with E-state index in [1.165, 1.54) is 19.2 Å². The average Bonchev–Trinajstić information content (AvgIpc) is 2.49. The van der Waals surface area contributed by atoms with E-state index in [4.69, 9.17) is 21.1 Å². The molecule has 120 valence electrons. The highest BCUT2D eigenvalue weighted by molar-refractivity contribution is 6.33. The van der Waals surface area contributed by atoms with Crippen molar-refractivity contribution >= 4 is 11.6 Å². The van der Waals surface area contributed by atoms with Gasteiger partial charge < -0.3 is 9.47 Å². The first-order valence-corrected chi connectivity index (χ1v) is 7.19. The fourth-order valence-electron chi connectivity index (χ4n) is 2.17. The Kier molecular flexibility index (Phi) is 5.07. The summed E-state index contributed by atoms with van der Waals surface area (Å²) in [6, 6.07) is 6.73. The van der Waals surface area contributed by atoms with Crippen LogP contribution in [0.3, 0.4) is 0 Å². The molecule has 6 heteroatoms. The second-order valence-electron chi connectivity index (χ2n) is 5.04. The number of methoxy groups -OCH3 is 1. The Balaban J connectivity index is 2.74. The van der Waals surface area contributed by atoms with Crippen molar-refractivity contribution in [3.8, 4) is 28.7 Å². The predicted octanol–water partition coefficient (Wildman–Crippen LogP) is 4.95. The Morgan fingerprint density at radius 3 is 2.39 bits per heavy atom. The first-order chi connectivity index (χ1) is 10.9. The fraction of sp³-hybridized carbons (Fsp3) is 0.235. The van der Waals surface area contributed by atoms with Gasteiger partial charge in [0, 0.05) is 11.1 Å². The molecule has 0 aliphatic carbocycles. The third-order valence-corrected chi connectivity index (χ3v) is 3.41. The lowest BCUT2D eigenvalue weighted by molar-refractivity contribution is 0.231. The first kappa shape index (κ1) is 17.0. The number of halogens is 3. The number of benzene rings is 2. The lowest BCUT2D eigenvalue weighted by Gasteiger charge is -2.15. The molecule has 2 aromatic rings. The summed E-state index contributed by atoms with van der Waals surface area (Å²) >= 11 is 6.06. The topological polar surface area (TPSA) is 42.2 Å². The van der Waals surface area contributed by atoms with Crippen LogP contribution < -0.4 is 9.47 Å². The summed E-state index contributed by atoms with van der Waals surface area (Å²) in [5, 5.41) is 9.31. The van der Waals surface area contributed by atoms with Crippen LogP contribution in [0.15, 0.2) is 24.3 Å². The molecule has 0 saturated heterocycles. The van der Waals surface area contributed by atoms with E-state index in [1.807, 2.05) is 6.07 Å². The van der Waals surface area contributed by atoms with Gasteiger partial charge in [0.2, 0.25) is 0 Å². The van der Waals surface area contributed by atoms with Gasteiger partial charge in [-0.25, -0.2) is 8.78 Å². The van der Waals surface area contributed by atoms with Gasteiger partial charge >= 0.3 is 0 Å². The van der Waals surface area contributed by atoms with Crippen LogP contribution in [0, 0.1) is 23.0 Å². The minimum atomic E-state index is -0.661. The van der Waals surface area contributed by atoms with Gasteiger partial charge in [0.1, 0.15) is 23.2 Å². The maximum atomic E-state index is 14.3. The summed E-state index contributed by atoms with van der Waals surface area (Å²) in [5.74, 6) is -1.18. The molecular formula is C17H14ClF2NO2. The molecule has 0 N–H and O–H groups in total. The molecule has 0 heterocycles. The number of nitriles is 1. The summed E-state index contributed by atoms with van der Waals surface area (Å²) in [4.78, 5) is 0. The van der Waals surface area contributed by atoms with E-state index < -0.39 is 11.6 Å².